The van der Waals surface area contributed by atoms with Crippen LogP contribution in [0.15, 0.2) is 89.4 Å². The minimum Gasteiger partial charge on any atom is -0.322 e. The maximum Gasteiger partial charge on any atom is 0.255 e. The summed E-state index contributed by atoms with van der Waals surface area (Å²) in [5, 5.41) is 8.90. The lowest BCUT2D eigenvalue weighted by atomic mass is 10.1. The van der Waals surface area contributed by atoms with Gasteiger partial charge < -0.3 is 5.32 Å². The van der Waals surface area contributed by atoms with E-state index in [1.165, 1.54) is 23.5 Å². The zero-order valence-electron chi connectivity index (χ0n) is 16.4. The summed E-state index contributed by atoms with van der Waals surface area (Å²) >= 11 is 1.47. The fourth-order valence-corrected chi connectivity index (χ4v) is 4.79. The molecule has 0 saturated carbocycles. The zero-order valence-corrected chi connectivity index (χ0v) is 18.1. The van der Waals surface area contributed by atoms with Gasteiger partial charge in [-0.1, -0.05) is 24.3 Å². The fraction of sp³-hybridized carbons (Fsp3) is 0.0909. The van der Waals surface area contributed by atoms with Gasteiger partial charge in [0.15, 0.2) is 0 Å². The minimum atomic E-state index is -3.73. The first kappa shape index (κ1) is 21.0. The highest BCUT2D eigenvalue weighted by molar-refractivity contribution is 7.89. The third-order valence-electron chi connectivity index (χ3n) is 4.51. The summed E-state index contributed by atoms with van der Waals surface area (Å²) in [6, 6.07) is 19.0. The summed E-state index contributed by atoms with van der Waals surface area (Å²) in [6.07, 6.45) is 3.58. The molecule has 2 aromatic heterocycles. The Morgan fingerprint density at radius 2 is 1.90 bits per heavy atom. The molecule has 0 bridgehead atoms. The van der Waals surface area contributed by atoms with Crippen LogP contribution in [0.25, 0.3) is 0 Å². The summed E-state index contributed by atoms with van der Waals surface area (Å²) in [6.45, 7) is 0.791. The summed E-state index contributed by atoms with van der Waals surface area (Å²) in [4.78, 5) is 13.7. The van der Waals surface area contributed by atoms with Crippen LogP contribution in [0.1, 0.15) is 20.8 Å². The van der Waals surface area contributed by atoms with Crippen LogP contribution in [0, 0.1) is 0 Å². The number of hydrogen-bond acceptors (Lipinski definition) is 5. The van der Waals surface area contributed by atoms with E-state index in [4.69, 9.17) is 0 Å². The van der Waals surface area contributed by atoms with Gasteiger partial charge in [-0.3, -0.25) is 9.48 Å². The number of rotatable bonds is 8. The molecule has 0 spiro atoms. The molecule has 0 aliphatic heterocycles. The van der Waals surface area contributed by atoms with E-state index in [1.54, 1.807) is 29.1 Å². The number of anilines is 1. The lowest BCUT2D eigenvalue weighted by molar-refractivity contribution is 0.102. The van der Waals surface area contributed by atoms with E-state index in [2.05, 4.69) is 15.1 Å². The summed E-state index contributed by atoms with van der Waals surface area (Å²) in [5.74, 6) is -0.383. The standard InChI is InChI=1S/C22H20N4O3S2/c27-22(25-19-7-1-5-17(13-19)16-26-11-4-10-23-26)18-6-2-9-21(14-18)31(28,29)24-15-20-8-3-12-30-20/h1-14,24H,15-16H2,(H,25,27). The predicted octanol–water partition coefficient (Wildman–Crippen LogP) is 3.72. The Balaban J connectivity index is 1.45. The van der Waals surface area contributed by atoms with Gasteiger partial charge in [0.1, 0.15) is 0 Å². The Hall–Kier alpha value is -3.27. The average molecular weight is 453 g/mol. The number of sulfonamides is 1. The van der Waals surface area contributed by atoms with Crippen molar-refractivity contribution in [3.05, 3.63) is 101 Å². The van der Waals surface area contributed by atoms with Crippen LogP contribution in [0.2, 0.25) is 0 Å². The fourth-order valence-electron chi connectivity index (χ4n) is 3.00. The second kappa shape index (κ2) is 9.25. The van der Waals surface area contributed by atoms with E-state index in [9.17, 15) is 13.2 Å². The molecule has 0 aliphatic carbocycles. The molecular weight excluding hydrogens is 432 g/mol. The van der Waals surface area contributed by atoms with Gasteiger partial charge in [0, 0.05) is 35.1 Å². The molecule has 4 rings (SSSR count). The van der Waals surface area contributed by atoms with Crippen molar-refractivity contribution in [3.63, 3.8) is 0 Å². The molecule has 2 N–H and O–H groups in total. The first-order chi connectivity index (χ1) is 15.0. The van der Waals surface area contributed by atoms with Gasteiger partial charge in [0.2, 0.25) is 10.0 Å². The molecule has 4 aromatic rings. The Morgan fingerprint density at radius 1 is 1.03 bits per heavy atom. The molecular formula is C22H20N4O3S2. The van der Waals surface area contributed by atoms with Crippen LogP contribution in [-0.2, 0) is 23.1 Å². The molecule has 0 saturated heterocycles. The molecule has 2 aromatic carbocycles. The summed E-state index contributed by atoms with van der Waals surface area (Å²) in [7, 11) is -3.73. The lowest BCUT2D eigenvalue weighted by Gasteiger charge is -2.10. The molecule has 0 fully saturated rings. The van der Waals surface area contributed by atoms with Gasteiger partial charge in [-0.2, -0.15) is 5.10 Å². The monoisotopic (exact) mass is 452 g/mol. The van der Waals surface area contributed by atoms with E-state index in [0.717, 1.165) is 10.4 Å². The van der Waals surface area contributed by atoms with E-state index in [-0.39, 0.29) is 22.9 Å². The van der Waals surface area contributed by atoms with Crippen molar-refractivity contribution in [1.82, 2.24) is 14.5 Å². The molecule has 158 valence electrons. The van der Waals surface area contributed by atoms with Crippen LogP contribution >= 0.6 is 11.3 Å². The van der Waals surface area contributed by atoms with Crippen molar-refractivity contribution in [2.45, 2.75) is 18.0 Å². The first-order valence-electron chi connectivity index (χ1n) is 9.49. The number of nitrogens with one attached hydrogen (secondary N) is 2. The SMILES string of the molecule is O=C(Nc1cccc(Cn2cccn2)c1)c1cccc(S(=O)(=O)NCc2cccs2)c1. The number of benzene rings is 2. The van der Waals surface area contributed by atoms with E-state index < -0.39 is 10.0 Å². The molecule has 0 radical (unpaired) electrons. The number of hydrogen-bond donors (Lipinski definition) is 2. The topological polar surface area (TPSA) is 93.1 Å². The van der Waals surface area contributed by atoms with Crippen LogP contribution < -0.4 is 10.0 Å². The lowest BCUT2D eigenvalue weighted by Crippen LogP contribution is -2.23. The number of carbonyl (C=O) groups excluding carboxylic acids is 1. The number of thiophene rings is 1. The molecule has 0 aliphatic rings. The molecule has 0 atom stereocenters. The van der Waals surface area contributed by atoms with Crippen molar-refractivity contribution in [3.8, 4) is 0 Å². The van der Waals surface area contributed by atoms with Gasteiger partial charge in [-0.05, 0) is 53.4 Å². The van der Waals surface area contributed by atoms with Gasteiger partial charge in [0.25, 0.3) is 5.91 Å². The van der Waals surface area contributed by atoms with E-state index in [0.29, 0.717) is 12.2 Å². The van der Waals surface area contributed by atoms with Gasteiger partial charge >= 0.3 is 0 Å². The summed E-state index contributed by atoms with van der Waals surface area (Å²) in [5.41, 5.74) is 1.87. The van der Waals surface area contributed by atoms with Gasteiger partial charge in [-0.15, -0.1) is 11.3 Å². The second-order valence-corrected chi connectivity index (χ2v) is 9.59. The predicted molar refractivity (Wildman–Crippen MR) is 121 cm³/mol. The molecule has 0 unspecified atom stereocenters. The highest BCUT2D eigenvalue weighted by Crippen LogP contribution is 2.17. The molecule has 2 heterocycles. The van der Waals surface area contributed by atoms with Crippen molar-refractivity contribution < 1.29 is 13.2 Å². The molecule has 1 amide bonds. The molecule has 7 nitrogen and oxygen atoms in total. The normalized spacial score (nSPS) is 11.4. The van der Waals surface area contributed by atoms with E-state index >= 15 is 0 Å². The third kappa shape index (κ3) is 5.46. The number of carbonyl (C=O) groups is 1. The van der Waals surface area contributed by atoms with Crippen LogP contribution in [0.4, 0.5) is 5.69 Å². The first-order valence-corrected chi connectivity index (χ1v) is 11.9. The Morgan fingerprint density at radius 3 is 2.68 bits per heavy atom. The molecule has 9 heteroatoms. The van der Waals surface area contributed by atoms with E-state index in [1.807, 2.05) is 48.0 Å². The molecule has 31 heavy (non-hydrogen) atoms. The maximum atomic E-state index is 12.7. The third-order valence-corrected chi connectivity index (χ3v) is 6.79. The number of aromatic nitrogens is 2. The Kier molecular flexibility index (Phi) is 6.26. The smallest absolute Gasteiger partial charge is 0.255 e. The van der Waals surface area contributed by atoms with Gasteiger partial charge in [0.05, 0.1) is 11.4 Å². The highest BCUT2D eigenvalue weighted by Gasteiger charge is 2.16. The van der Waals surface area contributed by atoms with Crippen molar-refractivity contribution in [1.29, 1.82) is 0 Å². The quantitative estimate of drug-likeness (QED) is 0.426. The van der Waals surface area contributed by atoms with Crippen molar-refractivity contribution in [2.24, 2.45) is 0 Å². The zero-order chi connectivity index (χ0) is 21.7. The Bertz CT molecular complexity index is 1270. The van der Waals surface area contributed by atoms with Gasteiger partial charge in [-0.25, -0.2) is 13.1 Å². The Labute approximate surface area is 184 Å². The largest absolute Gasteiger partial charge is 0.322 e. The summed E-state index contributed by atoms with van der Waals surface area (Å²) < 4.78 is 29.6. The second-order valence-electron chi connectivity index (χ2n) is 6.79. The maximum absolute atomic E-state index is 12.7. The van der Waals surface area contributed by atoms with Crippen molar-refractivity contribution >= 4 is 33.0 Å². The minimum absolute atomic E-state index is 0.0455. The number of nitrogens with zero attached hydrogens (tertiary/aromatic N) is 2. The highest BCUT2D eigenvalue weighted by atomic mass is 32.2. The van der Waals surface area contributed by atoms with Crippen LogP contribution in [0.5, 0.6) is 0 Å². The van der Waals surface area contributed by atoms with Crippen LogP contribution in [-0.4, -0.2) is 24.1 Å². The van der Waals surface area contributed by atoms with Crippen molar-refractivity contribution in [2.75, 3.05) is 5.32 Å². The number of amides is 1. The average Bonchev–Trinajstić information content (AvgIpc) is 3.47. The van der Waals surface area contributed by atoms with Crippen LogP contribution in [0.3, 0.4) is 0 Å².